The maximum Gasteiger partial charge on any atom is 0.205 e. The molecule has 1 aliphatic rings. The highest BCUT2D eigenvalue weighted by molar-refractivity contribution is 5.61. The highest BCUT2D eigenvalue weighted by Gasteiger charge is 2.32. The summed E-state index contributed by atoms with van der Waals surface area (Å²) in [7, 11) is 0. The normalized spacial score (nSPS) is 15.9. The molecular weight excluding hydrogens is 302 g/mol. The Morgan fingerprint density at radius 1 is 1.21 bits per heavy atom. The van der Waals surface area contributed by atoms with Gasteiger partial charge in [0.2, 0.25) is 5.88 Å². The molecule has 0 fully saturated rings. The molecule has 0 saturated heterocycles. The highest BCUT2D eigenvalue weighted by Crippen LogP contribution is 2.45. The Labute approximate surface area is 140 Å². The third-order valence-corrected chi connectivity index (χ3v) is 3.83. The lowest BCUT2D eigenvalue weighted by Gasteiger charge is -2.27. The van der Waals surface area contributed by atoms with Crippen LogP contribution >= 0.6 is 0 Å². The number of rotatable bonds is 4. The third kappa shape index (κ3) is 2.66. The van der Waals surface area contributed by atoms with E-state index in [-0.39, 0.29) is 11.8 Å². The minimum Gasteiger partial charge on any atom is -0.489 e. The van der Waals surface area contributed by atoms with Crippen molar-refractivity contribution >= 4 is 5.69 Å². The topological polar surface area (TPSA) is 94.3 Å². The van der Waals surface area contributed by atoms with E-state index in [1.165, 1.54) is 0 Å². The largest absolute Gasteiger partial charge is 0.489 e. The number of benzene rings is 2. The molecule has 0 radical (unpaired) electrons. The number of hydrogen-bond donors (Lipinski definition) is 2. The Bertz CT molecular complexity index is 865. The van der Waals surface area contributed by atoms with Gasteiger partial charge in [0.05, 0.1) is 5.92 Å². The summed E-state index contributed by atoms with van der Waals surface area (Å²) in [5.74, 6) is 0.933. The molecule has 1 heterocycles. The summed E-state index contributed by atoms with van der Waals surface area (Å²) in [6.07, 6.45) is 1.67. The van der Waals surface area contributed by atoms with Gasteiger partial charge in [0, 0.05) is 22.9 Å². The van der Waals surface area contributed by atoms with E-state index in [2.05, 4.69) is 12.6 Å². The van der Waals surface area contributed by atoms with Crippen LogP contribution in [0, 0.1) is 11.3 Å². The molecule has 0 saturated carbocycles. The zero-order valence-corrected chi connectivity index (χ0v) is 13.0. The number of nitrogens with two attached hydrogens (primary N) is 2. The lowest BCUT2D eigenvalue weighted by Crippen LogP contribution is -2.21. The Morgan fingerprint density at radius 2 is 2.00 bits per heavy atom. The summed E-state index contributed by atoms with van der Waals surface area (Å²) >= 11 is 0. The summed E-state index contributed by atoms with van der Waals surface area (Å²) < 4.78 is 11.3. The maximum atomic E-state index is 9.59. The second-order valence-corrected chi connectivity index (χ2v) is 5.36. The molecule has 1 aliphatic heterocycles. The average Bonchev–Trinajstić information content (AvgIpc) is 2.59. The van der Waals surface area contributed by atoms with E-state index in [1.54, 1.807) is 18.2 Å². The van der Waals surface area contributed by atoms with Crippen molar-refractivity contribution in [2.75, 3.05) is 12.3 Å². The third-order valence-electron chi connectivity index (χ3n) is 3.83. The minimum atomic E-state index is -0.375. The number of anilines is 1. The van der Waals surface area contributed by atoms with Crippen LogP contribution in [0.5, 0.6) is 11.5 Å². The van der Waals surface area contributed by atoms with E-state index in [0.717, 1.165) is 11.1 Å². The molecule has 5 nitrogen and oxygen atoms in total. The molecule has 4 N–H and O–H groups in total. The van der Waals surface area contributed by atoms with E-state index in [1.807, 2.05) is 30.3 Å². The predicted molar refractivity (Wildman–Crippen MR) is 92.3 cm³/mol. The van der Waals surface area contributed by atoms with E-state index < -0.39 is 0 Å². The minimum absolute atomic E-state index is 0.0825. The van der Waals surface area contributed by atoms with Crippen molar-refractivity contribution in [3.63, 3.8) is 0 Å². The molecule has 0 amide bonds. The molecule has 24 heavy (non-hydrogen) atoms. The van der Waals surface area contributed by atoms with Gasteiger partial charge in [-0.2, -0.15) is 5.26 Å². The highest BCUT2D eigenvalue weighted by atomic mass is 16.5. The fourth-order valence-electron chi connectivity index (χ4n) is 2.79. The molecule has 1 atom stereocenters. The number of para-hydroxylation sites is 1. The molecule has 120 valence electrons. The van der Waals surface area contributed by atoms with Crippen LogP contribution < -0.4 is 20.9 Å². The summed E-state index contributed by atoms with van der Waals surface area (Å²) in [6, 6.07) is 15.0. The van der Waals surface area contributed by atoms with Crippen molar-refractivity contribution in [2.45, 2.75) is 5.92 Å². The quantitative estimate of drug-likeness (QED) is 0.667. The van der Waals surface area contributed by atoms with Gasteiger partial charge in [-0.25, -0.2) is 0 Å². The van der Waals surface area contributed by atoms with Gasteiger partial charge in [0.15, 0.2) is 0 Å². The van der Waals surface area contributed by atoms with Crippen molar-refractivity contribution in [3.8, 4) is 17.6 Å². The number of nitrogen functional groups attached to an aromatic ring is 1. The molecule has 2 aromatic rings. The Hall–Kier alpha value is -3.39. The fraction of sp³-hybridized carbons (Fsp3) is 0.105. The first-order valence-corrected chi connectivity index (χ1v) is 7.45. The van der Waals surface area contributed by atoms with Crippen LogP contribution in [0.25, 0.3) is 0 Å². The van der Waals surface area contributed by atoms with Crippen molar-refractivity contribution in [1.29, 1.82) is 5.26 Å². The van der Waals surface area contributed by atoms with Gasteiger partial charge < -0.3 is 20.9 Å². The smallest absolute Gasteiger partial charge is 0.205 e. The molecule has 0 bridgehead atoms. The van der Waals surface area contributed by atoms with Gasteiger partial charge in [-0.05, 0) is 12.1 Å². The van der Waals surface area contributed by atoms with Crippen LogP contribution in [0.1, 0.15) is 17.0 Å². The zero-order chi connectivity index (χ0) is 17.1. The number of ether oxygens (including phenoxy) is 2. The first-order chi connectivity index (χ1) is 11.7. The second kappa shape index (κ2) is 6.39. The first kappa shape index (κ1) is 15.5. The lowest BCUT2D eigenvalue weighted by molar-refractivity contribution is 0.355. The predicted octanol–water partition coefficient (Wildman–Crippen LogP) is 3.05. The number of nitrogens with zero attached hydrogens (tertiary/aromatic N) is 1. The number of nitriles is 1. The van der Waals surface area contributed by atoms with Crippen LogP contribution in [0.3, 0.4) is 0 Å². The second-order valence-electron chi connectivity index (χ2n) is 5.36. The standard InChI is InChI=1S/C19H17N3O2/c1-2-9-23-16-6-4-3-5-13(16)18-14-8-7-12(21)10-17(14)24-19(22)15(18)11-20/h2-8,10,18H,1,9,21-22H2/t18-/m1/s1. The molecule has 5 heteroatoms. The molecule has 0 aromatic heterocycles. The van der Waals surface area contributed by atoms with Gasteiger partial charge in [-0.3, -0.25) is 0 Å². The number of hydrogen-bond acceptors (Lipinski definition) is 5. The van der Waals surface area contributed by atoms with Gasteiger partial charge >= 0.3 is 0 Å². The van der Waals surface area contributed by atoms with Crippen LogP contribution in [-0.4, -0.2) is 6.61 Å². The Morgan fingerprint density at radius 3 is 2.75 bits per heavy atom. The summed E-state index contributed by atoms with van der Waals surface area (Å²) in [5.41, 5.74) is 14.4. The molecule has 0 unspecified atom stereocenters. The Balaban J connectivity index is 2.19. The van der Waals surface area contributed by atoms with Crippen LogP contribution in [0.15, 0.2) is 66.6 Å². The van der Waals surface area contributed by atoms with E-state index in [4.69, 9.17) is 20.9 Å². The maximum absolute atomic E-state index is 9.59. The molecule has 0 spiro atoms. The molecule has 3 rings (SSSR count). The number of allylic oxidation sites excluding steroid dienone is 1. The Kier molecular flexibility index (Phi) is 4.13. The summed E-state index contributed by atoms with van der Waals surface area (Å²) in [4.78, 5) is 0. The van der Waals surface area contributed by atoms with Gasteiger partial charge in [-0.15, -0.1) is 0 Å². The van der Waals surface area contributed by atoms with Gasteiger partial charge in [-0.1, -0.05) is 36.9 Å². The van der Waals surface area contributed by atoms with Crippen LogP contribution in [-0.2, 0) is 0 Å². The lowest BCUT2D eigenvalue weighted by atomic mass is 9.83. The van der Waals surface area contributed by atoms with Gasteiger partial charge in [0.25, 0.3) is 0 Å². The van der Waals surface area contributed by atoms with Crippen LogP contribution in [0.2, 0.25) is 0 Å². The van der Waals surface area contributed by atoms with Crippen LogP contribution in [0.4, 0.5) is 5.69 Å². The van der Waals surface area contributed by atoms with E-state index in [0.29, 0.717) is 29.4 Å². The molecule has 2 aromatic carbocycles. The first-order valence-electron chi connectivity index (χ1n) is 7.45. The number of fused-ring (bicyclic) bond motifs is 1. The van der Waals surface area contributed by atoms with E-state index in [9.17, 15) is 5.26 Å². The monoisotopic (exact) mass is 319 g/mol. The average molecular weight is 319 g/mol. The summed E-state index contributed by atoms with van der Waals surface area (Å²) in [5, 5.41) is 9.59. The van der Waals surface area contributed by atoms with E-state index >= 15 is 0 Å². The van der Waals surface area contributed by atoms with Crippen molar-refractivity contribution < 1.29 is 9.47 Å². The summed E-state index contributed by atoms with van der Waals surface area (Å²) in [6.45, 7) is 4.04. The van der Waals surface area contributed by atoms with Gasteiger partial charge in [0.1, 0.15) is 29.7 Å². The van der Waals surface area contributed by atoms with Crippen molar-refractivity contribution in [2.24, 2.45) is 5.73 Å². The zero-order valence-electron chi connectivity index (χ0n) is 13.0. The SMILES string of the molecule is C=CCOc1ccccc1[C@H]1C(C#N)=C(N)Oc2cc(N)ccc21. The van der Waals surface area contributed by atoms with Crippen molar-refractivity contribution in [3.05, 3.63) is 77.7 Å². The fourth-order valence-corrected chi connectivity index (χ4v) is 2.79. The molecular formula is C19H17N3O2. The molecule has 0 aliphatic carbocycles. The van der Waals surface area contributed by atoms with Crippen molar-refractivity contribution in [1.82, 2.24) is 0 Å².